The summed E-state index contributed by atoms with van der Waals surface area (Å²) in [5, 5.41) is 0. The summed E-state index contributed by atoms with van der Waals surface area (Å²) in [7, 11) is 1.31. The molecule has 0 aromatic rings. The van der Waals surface area contributed by atoms with E-state index >= 15 is 0 Å². The van der Waals surface area contributed by atoms with Gasteiger partial charge in [-0.15, -0.1) is 0 Å². The van der Waals surface area contributed by atoms with Crippen LogP contribution < -0.4 is 4.89 Å². The average Bonchev–Trinajstić information content (AvgIpc) is 3.16. The molecule has 332 valence electrons. The second-order valence-corrected chi connectivity index (χ2v) is 17.8. The zero-order valence-corrected chi connectivity index (χ0v) is 38.4. The van der Waals surface area contributed by atoms with Gasteiger partial charge in [0.2, 0.25) is 0 Å². The number of ether oxygens (including phenoxy) is 2. The molecule has 0 radical (unpaired) electrons. The van der Waals surface area contributed by atoms with Gasteiger partial charge in [0.15, 0.2) is 0 Å². The summed E-state index contributed by atoms with van der Waals surface area (Å²) in [6, 6.07) is 0. The van der Waals surface area contributed by atoms with Crippen LogP contribution in [0, 0.1) is 0 Å². The Hall–Kier alpha value is -1.80. The topological polar surface area (TPSA) is 94.1 Å². The number of hydrogen-bond donors (Lipinski definition) is 0. The van der Waals surface area contributed by atoms with Crippen molar-refractivity contribution in [2.75, 3.05) is 54.1 Å². The molecule has 0 aliphatic rings. The zero-order valence-electron chi connectivity index (χ0n) is 37.5. The molecule has 0 aromatic carbocycles. The van der Waals surface area contributed by atoms with Gasteiger partial charge in [-0.25, -0.2) is 0 Å². The van der Waals surface area contributed by atoms with E-state index in [9.17, 15) is 14.3 Å². The molecule has 0 aliphatic carbocycles. The summed E-state index contributed by atoms with van der Waals surface area (Å²) < 4.78 is 34.5. The van der Waals surface area contributed by atoms with Crippen molar-refractivity contribution in [1.29, 1.82) is 0 Å². The first-order valence-corrected chi connectivity index (χ1v) is 24.5. The van der Waals surface area contributed by atoms with Gasteiger partial charge in [0.05, 0.1) is 34.4 Å². The smallest absolute Gasteiger partial charge is 0.306 e. The third kappa shape index (κ3) is 45.1. The fourth-order valence-corrected chi connectivity index (χ4v) is 6.75. The van der Waals surface area contributed by atoms with E-state index in [1.165, 1.54) is 116 Å². The van der Waals surface area contributed by atoms with Gasteiger partial charge in [-0.1, -0.05) is 171 Å². The molecule has 0 bridgehead atoms. The van der Waals surface area contributed by atoms with Gasteiger partial charge in [0.1, 0.15) is 19.3 Å². The quantitative estimate of drug-likeness (QED) is 0.0199. The summed E-state index contributed by atoms with van der Waals surface area (Å²) >= 11 is 0. The molecule has 0 fully saturated rings. The van der Waals surface area contributed by atoms with E-state index in [-0.39, 0.29) is 26.2 Å². The van der Waals surface area contributed by atoms with E-state index < -0.39 is 19.9 Å². The molecule has 9 heteroatoms. The maximum Gasteiger partial charge on any atom is 0.306 e. The summed E-state index contributed by atoms with van der Waals surface area (Å²) in [5.41, 5.74) is 0. The standard InChI is InChI=1S/C48H88NO7P/c1-6-8-10-12-14-16-18-20-21-22-23-24-25-26-27-28-30-32-34-36-38-40-43-53-45-47(46-55-57(51,52)54-44-42-49(3,4)5)56-48(50)41-39-37-35-33-31-29-19-17-15-13-11-9-7-2/h9,11,15,17,22-23,29,31,35,37,47H,6-8,10,12-14,16,18-21,24-28,30,32-34,36,38-46H2,1-5H3/b11-9-,17-15-,23-22-,31-29-,37-35-. The van der Waals surface area contributed by atoms with Crippen LogP contribution in [0.5, 0.6) is 0 Å². The van der Waals surface area contributed by atoms with E-state index in [4.69, 9.17) is 18.5 Å². The third-order valence-corrected chi connectivity index (χ3v) is 10.5. The Bertz CT molecular complexity index is 1090. The number of carbonyl (C=O) groups is 1. The Labute approximate surface area is 351 Å². The minimum absolute atomic E-state index is 0.0113. The summed E-state index contributed by atoms with van der Waals surface area (Å²) in [5.74, 6) is -0.414. The first kappa shape index (κ1) is 55.2. The van der Waals surface area contributed by atoms with Crippen molar-refractivity contribution in [3.63, 3.8) is 0 Å². The van der Waals surface area contributed by atoms with Gasteiger partial charge >= 0.3 is 5.97 Å². The van der Waals surface area contributed by atoms with E-state index in [2.05, 4.69) is 62.5 Å². The fraction of sp³-hybridized carbons (Fsp3) is 0.771. The highest BCUT2D eigenvalue weighted by Crippen LogP contribution is 2.38. The minimum atomic E-state index is -4.54. The second-order valence-electron chi connectivity index (χ2n) is 16.4. The van der Waals surface area contributed by atoms with Crippen molar-refractivity contribution in [3.8, 4) is 0 Å². The number of hydrogen-bond acceptors (Lipinski definition) is 7. The van der Waals surface area contributed by atoms with Gasteiger partial charge in [0, 0.05) is 13.0 Å². The van der Waals surface area contributed by atoms with Crippen molar-refractivity contribution in [1.82, 2.24) is 0 Å². The van der Waals surface area contributed by atoms with E-state index in [0.29, 0.717) is 24.1 Å². The van der Waals surface area contributed by atoms with E-state index in [1.54, 1.807) is 0 Å². The third-order valence-electron chi connectivity index (χ3n) is 9.57. The Morgan fingerprint density at radius 3 is 1.53 bits per heavy atom. The number of esters is 1. The maximum absolute atomic E-state index is 12.6. The van der Waals surface area contributed by atoms with Crippen LogP contribution in [-0.2, 0) is 27.9 Å². The molecule has 0 saturated heterocycles. The largest absolute Gasteiger partial charge is 0.756 e. The molecule has 0 amide bonds. The number of likely N-dealkylation sites (N-methyl/N-ethyl adjacent to an activating group) is 1. The Balaban J connectivity index is 4.21. The number of allylic oxidation sites excluding steroid dienone is 10. The van der Waals surface area contributed by atoms with E-state index in [1.807, 2.05) is 33.3 Å². The van der Waals surface area contributed by atoms with Crippen LogP contribution in [0.2, 0.25) is 0 Å². The van der Waals surface area contributed by atoms with Gasteiger partial charge in [0.25, 0.3) is 7.82 Å². The van der Waals surface area contributed by atoms with E-state index in [0.717, 1.165) is 38.5 Å². The highest BCUT2D eigenvalue weighted by molar-refractivity contribution is 7.45. The number of rotatable bonds is 42. The number of phosphoric ester groups is 1. The van der Waals surface area contributed by atoms with Crippen molar-refractivity contribution >= 4 is 13.8 Å². The van der Waals surface area contributed by atoms with Gasteiger partial charge in [-0.05, 0) is 64.2 Å². The van der Waals surface area contributed by atoms with Crippen LogP contribution in [0.3, 0.4) is 0 Å². The normalized spacial score (nSPS) is 14.3. The summed E-state index contributed by atoms with van der Waals surface area (Å²) in [6.45, 7) is 5.19. The molecule has 0 N–H and O–H groups in total. The lowest BCUT2D eigenvalue weighted by atomic mass is 10.1. The molecule has 8 nitrogen and oxygen atoms in total. The number of carbonyl (C=O) groups excluding carboxylic acids is 1. The number of phosphoric acid groups is 1. The molecular weight excluding hydrogens is 734 g/mol. The molecule has 2 atom stereocenters. The van der Waals surface area contributed by atoms with Crippen molar-refractivity contribution < 1.29 is 37.3 Å². The lowest BCUT2D eigenvalue weighted by molar-refractivity contribution is -0.870. The molecule has 2 unspecified atom stereocenters. The van der Waals surface area contributed by atoms with Crippen molar-refractivity contribution in [2.24, 2.45) is 0 Å². The Kier molecular flexibility index (Phi) is 39.7. The maximum atomic E-state index is 12.6. The molecule has 0 saturated carbocycles. The number of nitrogens with zero attached hydrogens (tertiary/aromatic N) is 1. The van der Waals surface area contributed by atoms with Gasteiger partial charge < -0.3 is 27.9 Å². The molecule has 57 heavy (non-hydrogen) atoms. The SMILES string of the molecule is CC/C=C\C/C=C\C/C=C\C/C=C\CCC(=O)OC(COCCCCCCCCCCCC/C=C\CCCCCCCCCC)COP(=O)([O-])OCC[N+](C)(C)C. The lowest BCUT2D eigenvalue weighted by Crippen LogP contribution is -2.37. The van der Waals surface area contributed by atoms with Crippen LogP contribution in [0.1, 0.15) is 181 Å². The monoisotopic (exact) mass is 822 g/mol. The first-order chi connectivity index (χ1) is 27.6. The molecule has 0 aromatic heterocycles. The number of unbranched alkanes of at least 4 members (excludes halogenated alkanes) is 18. The molecule has 0 aliphatic heterocycles. The van der Waals surface area contributed by atoms with Crippen LogP contribution in [0.15, 0.2) is 60.8 Å². The van der Waals surface area contributed by atoms with Gasteiger partial charge in [-0.3, -0.25) is 9.36 Å². The van der Waals surface area contributed by atoms with Crippen molar-refractivity contribution in [2.45, 2.75) is 187 Å². The molecule has 0 heterocycles. The summed E-state index contributed by atoms with van der Waals surface area (Å²) in [4.78, 5) is 25.0. The van der Waals surface area contributed by atoms with Crippen LogP contribution >= 0.6 is 7.82 Å². The van der Waals surface area contributed by atoms with Crippen LogP contribution in [0.4, 0.5) is 0 Å². The molecular formula is C48H88NO7P. The predicted octanol–water partition coefficient (Wildman–Crippen LogP) is 13.1. The highest BCUT2D eigenvalue weighted by atomic mass is 31.2. The summed E-state index contributed by atoms with van der Waals surface area (Å²) in [6.07, 6.45) is 51.2. The fourth-order valence-electron chi connectivity index (χ4n) is 6.02. The second kappa shape index (κ2) is 41.0. The highest BCUT2D eigenvalue weighted by Gasteiger charge is 2.20. The lowest BCUT2D eigenvalue weighted by Gasteiger charge is -2.28. The minimum Gasteiger partial charge on any atom is -0.756 e. The molecule has 0 spiro atoms. The van der Waals surface area contributed by atoms with Gasteiger partial charge in [-0.2, -0.15) is 0 Å². The first-order valence-electron chi connectivity index (χ1n) is 23.0. The Morgan fingerprint density at radius 2 is 1.02 bits per heavy atom. The predicted molar refractivity (Wildman–Crippen MR) is 240 cm³/mol. The number of quaternary nitrogens is 1. The average molecular weight is 822 g/mol. The van der Waals surface area contributed by atoms with Crippen molar-refractivity contribution in [3.05, 3.63) is 60.8 Å². The van der Waals surface area contributed by atoms with Crippen LogP contribution in [-0.4, -0.2) is 70.7 Å². The molecule has 0 rings (SSSR count). The zero-order chi connectivity index (χ0) is 42.0. The Morgan fingerprint density at radius 1 is 0.561 bits per heavy atom. The van der Waals surface area contributed by atoms with Crippen LogP contribution in [0.25, 0.3) is 0 Å².